The third-order valence-electron chi connectivity index (χ3n) is 2.05. The van der Waals surface area contributed by atoms with Crippen LogP contribution in [0.15, 0.2) is 23.0 Å². The zero-order valence-corrected chi connectivity index (χ0v) is 8.43. The number of rotatable bonds is 1. The fourth-order valence-electron chi connectivity index (χ4n) is 1.37. The van der Waals surface area contributed by atoms with Gasteiger partial charge in [-0.05, 0) is 19.1 Å². The highest BCUT2D eigenvalue weighted by atomic mass is 35.5. The Balaban J connectivity index is 2.83. The molecule has 2 aromatic rings. The lowest BCUT2D eigenvalue weighted by Gasteiger charge is -2.00. The second kappa shape index (κ2) is 3.42. The monoisotopic (exact) mass is 208 g/mol. The van der Waals surface area contributed by atoms with Crippen molar-refractivity contribution in [2.75, 3.05) is 0 Å². The van der Waals surface area contributed by atoms with Gasteiger partial charge in [-0.25, -0.2) is 0 Å². The van der Waals surface area contributed by atoms with Gasteiger partial charge >= 0.3 is 0 Å². The van der Waals surface area contributed by atoms with Crippen molar-refractivity contribution in [3.8, 4) is 0 Å². The summed E-state index contributed by atoms with van der Waals surface area (Å²) in [5, 5.41) is 0.610. The number of hydrogen-bond donors (Lipinski definition) is 1. The van der Waals surface area contributed by atoms with Crippen LogP contribution in [0.5, 0.6) is 0 Å². The van der Waals surface area contributed by atoms with Gasteiger partial charge in [0.25, 0.3) is 5.56 Å². The van der Waals surface area contributed by atoms with Crippen molar-refractivity contribution >= 4 is 22.5 Å². The van der Waals surface area contributed by atoms with Gasteiger partial charge in [0, 0.05) is 0 Å². The Morgan fingerprint density at radius 3 is 3.00 bits per heavy atom. The first-order valence-electron chi connectivity index (χ1n) is 4.26. The maximum absolute atomic E-state index is 11.5. The molecule has 0 radical (unpaired) electrons. The predicted octanol–water partition coefficient (Wildman–Crippen LogP) is 1.97. The Morgan fingerprint density at radius 1 is 1.50 bits per heavy atom. The van der Waals surface area contributed by atoms with Crippen LogP contribution in [0.3, 0.4) is 0 Å². The molecule has 0 amide bonds. The van der Waals surface area contributed by atoms with Crippen molar-refractivity contribution in [1.29, 1.82) is 0 Å². The maximum atomic E-state index is 11.5. The van der Waals surface area contributed by atoms with Gasteiger partial charge in [0.1, 0.15) is 5.82 Å². The molecule has 0 atom stereocenters. The molecular weight excluding hydrogens is 200 g/mol. The summed E-state index contributed by atoms with van der Waals surface area (Å²) in [7, 11) is 0. The molecule has 0 bridgehead atoms. The van der Waals surface area contributed by atoms with E-state index >= 15 is 0 Å². The minimum absolute atomic E-state index is 0.221. The Labute approximate surface area is 85.7 Å². The van der Waals surface area contributed by atoms with E-state index in [0.29, 0.717) is 11.2 Å². The van der Waals surface area contributed by atoms with Crippen molar-refractivity contribution in [3.63, 3.8) is 0 Å². The predicted molar refractivity (Wildman–Crippen MR) is 56.7 cm³/mol. The fraction of sp³-hybridized carbons (Fsp3) is 0.200. The summed E-state index contributed by atoms with van der Waals surface area (Å²) < 4.78 is 0. The average molecular weight is 209 g/mol. The third-order valence-corrected chi connectivity index (χ3v) is 2.30. The SMILES string of the molecule is Cc1ccc2[nH]c(CCl)nc(=O)c2c1. The van der Waals surface area contributed by atoms with Crippen molar-refractivity contribution in [1.82, 2.24) is 9.97 Å². The van der Waals surface area contributed by atoms with Crippen LogP contribution in [0, 0.1) is 6.92 Å². The highest BCUT2D eigenvalue weighted by molar-refractivity contribution is 6.16. The normalized spacial score (nSPS) is 10.7. The Bertz CT molecular complexity index is 533. The van der Waals surface area contributed by atoms with Crippen molar-refractivity contribution in [2.24, 2.45) is 0 Å². The number of nitrogens with one attached hydrogen (secondary N) is 1. The van der Waals surface area contributed by atoms with E-state index in [1.165, 1.54) is 0 Å². The first-order chi connectivity index (χ1) is 6.70. The zero-order valence-electron chi connectivity index (χ0n) is 7.67. The molecule has 0 aliphatic carbocycles. The number of aryl methyl sites for hydroxylation is 1. The number of nitrogens with zero attached hydrogens (tertiary/aromatic N) is 1. The molecular formula is C10H9ClN2O. The second-order valence-electron chi connectivity index (χ2n) is 3.17. The zero-order chi connectivity index (χ0) is 10.1. The van der Waals surface area contributed by atoms with Crippen molar-refractivity contribution in [3.05, 3.63) is 39.9 Å². The van der Waals surface area contributed by atoms with Crippen LogP contribution in [0.25, 0.3) is 10.9 Å². The molecule has 0 aliphatic rings. The minimum atomic E-state index is -0.224. The highest BCUT2D eigenvalue weighted by Crippen LogP contribution is 2.09. The second-order valence-corrected chi connectivity index (χ2v) is 3.44. The van der Waals surface area contributed by atoms with Crippen LogP contribution in [0.2, 0.25) is 0 Å². The number of benzene rings is 1. The molecule has 0 aliphatic heterocycles. The van der Waals surface area contributed by atoms with Gasteiger partial charge in [-0.15, -0.1) is 11.6 Å². The summed E-state index contributed by atoms with van der Waals surface area (Å²) in [4.78, 5) is 18.3. The smallest absolute Gasteiger partial charge is 0.280 e. The van der Waals surface area contributed by atoms with Crippen LogP contribution in [0.1, 0.15) is 11.4 Å². The first-order valence-corrected chi connectivity index (χ1v) is 4.79. The van der Waals surface area contributed by atoms with E-state index in [1.807, 2.05) is 25.1 Å². The summed E-state index contributed by atoms with van der Waals surface area (Å²) in [5.41, 5.74) is 1.60. The highest BCUT2D eigenvalue weighted by Gasteiger charge is 2.02. The van der Waals surface area contributed by atoms with E-state index in [9.17, 15) is 4.79 Å². The van der Waals surface area contributed by atoms with Gasteiger partial charge in [-0.3, -0.25) is 4.79 Å². The molecule has 4 heteroatoms. The number of hydrogen-bond acceptors (Lipinski definition) is 2. The molecule has 72 valence electrons. The number of halogens is 1. The van der Waals surface area contributed by atoms with Gasteiger partial charge in [0.2, 0.25) is 0 Å². The summed E-state index contributed by atoms with van der Waals surface area (Å²) in [6.45, 7) is 1.94. The molecule has 0 fully saturated rings. The fourth-order valence-corrected chi connectivity index (χ4v) is 1.50. The van der Waals surface area contributed by atoms with E-state index in [4.69, 9.17) is 11.6 Å². The average Bonchev–Trinajstić information content (AvgIpc) is 2.19. The number of alkyl halides is 1. The quantitative estimate of drug-likeness (QED) is 0.729. The number of H-pyrrole nitrogens is 1. The Morgan fingerprint density at radius 2 is 2.29 bits per heavy atom. The number of aromatic nitrogens is 2. The summed E-state index contributed by atoms with van der Waals surface area (Å²) in [6.07, 6.45) is 0. The lowest BCUT2D eigenvalue weighted by molar-refractivity contribution is 1.03. The largest absolute Gasteiger partial charge is 0.342 e. The van der Waals surface area contributed by atoms with Gasteiger partial charge in [-0.2, -0.15) is 4.98 Å². The summed E-state index contributed by atoms with van der Waals surface area (Å²) >= 11 is 5.60. The molecule has 0 spiro atoms. The molecule has 2 rings (SSSR count). The van der Waals surface area contributed by atoms with E-state index in [0.717, 1.165) is 11.1 Å². The van der Waals surface area contributed by atoms with Gasteiger partial charge in [0.15, 0.2) is 0 Å². The number of aromatic amines is 1. The van der Waals surface area contributed by atoms with Crippen LogP contribution in [-0.2, 0) is 5.88 Å². The first kappa shape index (κ1) is 9.21. The lowest BCUT2D eigenvalue weighted by Crippen LogP contribution is -2.10. The molecule has 0 saturated heterocycles. The van der Waals surface area contributed by atoms with Crippen LogP contribution in [0.4, 0.5) is 0 Å². The maximum Gasteiger partial charge on any atom is 0.280 e. The molecule has 0 saturated carbocycles. The van der Waals surface area contributed by atoms with E-state index < -0.39 is 0 Å². The van der Waals surface area contributed by atoms with Crippen molar-refractivity contribution < 1.29 is 0 Å². The Kier molecular flexibility index (Phi) is 2.25. The van der Waals surface area contributed by atoms with Crippen LogP contribution < -0.4 is 5.56 Å². The van der Waals surface area contributed by atoms with E-state index in [1.54, 1.807) is 0 Å². The summed E-state index contributed by atoms with van der Waals surface area (Å²) in [5.74, 6) is 0.729. The van der Waals surface area contributed by atoms with Crippen LogP contribution >= 0.6 is 11.6 Å². The van der Waals surface area contributed by atoms with Crippen molar-refractivity contribution in [2.45, 2.75) is 12.8 Å². The summed E-state index contributed by atoms with van der Waals surface area (Å²) in [6, 6.07) is 5.62. The lowest BCUT2D eigenvalue weighted by atomic mass is 10.2. The van der Waals surface area contributed by atoms with Gasteiger partial charge in [-0.1, -0.05) is 11.6 Å². The molecule has 1 aromatic carbocycles. The standard InChI is InChI=1S/C10H9ClN2O/c1-6-2-3-8-7(4-6)10(14)13-9(5-11)12-8/h2-4H,5H2,1H3,(H,12,13,14). The van der Waals surface area contributed by atoms with Gasteiger partial charge in [0.05, 0.1) is 16.8 Å². The van der Waals surface area contributed by atoms with Crippen LogP contribution in [-0.4, -0.2) is 9.97 Å². The van der Waals surface area contributed by atoms with E-state index in [-0.39, 0.29) is 11.4 Å². The number of fused-ring (bicyclic) bond motifs is 1. The van der Waals surface area contributed by atoms with Gasteiger partial charge < -0.3 is 4.98 Å². The molecule has 1 N–H and O–H groups in total. The molecule has 1 heterocycles. The molecule has 0 unspecified atom stereocenters. The van der Waals surface area contributed by atoms with E-state index in [2.05, 4.69) is 9.97 Å². The molecule has 1 aromatic heterocycles. The topological polar surface area (TPSA) is 45.8 Å². The molecule has 14 heavy (non-hydrogen) atoms. The third kappa shape index (κ3) is 1.51. The molecule has 3 nitrogen and oxygen atoms in total. The Hall–Kier alpha value is -1.35. The minimum Gasteiger partial charge on any atom is -0.342 e.